The molecule has 1 aliphatic rings. The summed E-state index contributed by atoms with van der Waals surface area (Å²) in [6.45, 7) is 0.507. The van der Waals surface area contributed by atoms with Crippen LogP contribution in [0.4, 0.5) is 10.2 Å². The Morgan fingerprint density at radius 2 is 2.08 bits per heavy atom. The molecule has 0 aliphatic carbocycles. The molecule has 7 heteroatoms. The summed E-state index contributed by atoms with van der Waals surface area (Å²) >= 11 is 5.76. The summed E-state index contributed by atoms with van der Waals surface area (Å²) in [4.78, 5) is 18.1. The Bertz CT molecular complexity index is 709. The first kappa shape index (κ1) is 16.8. The van der Waals surface area contributed by atoms with Gasteiger partial charge in [0.05, 0.1) is 17.7 Å². The zero-order valence-corrected chi connectivity index (χ0v) is 13.6. The van der Waals surface area contributed by atoms with Crippen LogP contribution in [0, 0.1) is 5.82 Å². The standard InChI is InChI=1S/C17H17ClFN3O2/c18-12-3-6-16(20-8-12)21-17(24)10-22-9-14(23)7-15(22)11-1-4-13(19)5-2-11/h1-6,8,14-15,23H,7,9-10H2,(H,20,21,24)/t14-,15-/m0/s1. The van der Waals surface area contributed by atoms with Gasteiger partial charge in [0.25, 0.3) is 0 Å². The molecule has 2 atom stereocenters. The Labute approximate surface area is 144 Å². The highest BCUT2D eigenvalue weighted by molar-refractivity contribution is 6.30. The van der Waals surface area contributed by atoms with Gasteiger partial charge in [-0.2, -0.15) is 0 Å². The number of anilines is 1. The number of aromatic nitrogens is 1. The van der Waals surface area contributed by atoms with Crippen molar-refractivity contribution in [2.45, 2.75) is 18.6 Å². The summed E-state index contributed by atoms with van der Waals surface area (Å²) in [5, 5.41) is 13.1. The molecule has 2 N–H and O–H groups in total. The summed E-state index contributed by atoms with van der Waals surface area (Å²) in [6, 6.07) is 9.28. The maximum atomic E-state index is 13.1. The van der Waals surface area contributed by atoms with E-state index < -0.39 is 6.10 Å². The van der Waals surface area contributed by atoms with Gasteiger partial charge in [0.2, 0.25) is 5.91 Å². The molecule has 1 saturated heterocycles. The number of nitrogens with one attached hydrogen (secondary N) is 1. The fourth-order valence-corrected chi connectivity index (χ4v) is 3.01. The van der Waals surface area contributed by atoms with Crippen LogP contribution in [0.3, 0.4) is 0 Å². The smallest absolute Gasteiger partial charge is 0.239 e. The second kappa shape index (κ2) is 7.25. The first-order valence-electron chi connectivity index (χ1n) is 7.60. The van der Waals surface area contributed by atoms with Crippen LogP contribution in [-0.4, -0.2) is 40.1 Å². The minimum absolute atomic E-state index is 0.114. The lowest BCUT2D eigenvalue weighted by Gasteiger charge is -2.23. The fraction of sp³-hybridized carbons (Fsp3) is 0.294. The van der Waals surface area contributed by atoms with Crippen LogP contribution in [0.1, 0.15) is 18.0 Å². The molecular weight excluding hydrogens is 333 g/mol. The van der Waals surface area contributed by atoms with E-state index >= 15 is 0 Å². The van der Waals surface area contributed by atoms with Gasteiger partial charge in [-0.1, -0.05) is 23.7 Å². The number of hydrogen-bond donors (Lipinski definition) is 2. The third kappa shape index (κ3) is 4.08. The molecular formula is C17H17ClFN3O2. The van der Waals surface area contributed by atoms with E-state index in [2.05, 4.69) is 10.3 Å². The summed E-state index contributed by atoms with van der Waals surface area (Å²) in [5.74, 6) is -0.121. The molecule has 1 fully saturated rings. The summed E-state index contributed by atoms with van der Waals surface area (Å²) in [7, 11) is 0. The number of hydrogen-bond acceptors (Lipinski definition) is 4. The molecule has 0 spiro atoms. The van der Waals surface area contributed by atoms with Crippen molar-refractivity contribution in [3.05, 3.63) is 59.0 Å². The lowest BCUT2D eigenvalue weighted by molar-refractivity contribution is -0.117. The maximum absolute atomic E-state index is 13.1. The Kier molecular flexibility index (Phi) is 5.08. The molecule has 2 aromatic rings. The van der Waals surface area contributed by atoms with Crippen molar-refractivity contribution in [1.82, 2.24) is 9.88 Å². The van der Waals surface area contributed by atoms with E-state index in [-0.39, 0.29) is 24.3 Å². The molecule has 0 radical (unpaired) electrons. The first-order valence-corrected chi connectivity index (χ1v) is 7.98. The molecule has 1 amide bonds. The number of benzene rings is 1. The van der Waals surface area contributed by atoms with Crippen molar-refractivity contribution in [1.29, 1.82) is 0 Å². The molecule has 1 aromatic carbocycles. The number of aliphatic hydroxyl groups is 1. The van der Waals surface area contributed by atoms with E-state index in [9.17, 15) is 14.3 Å². The second-order valence-corrected chi connectivity index (χ2v) is 6.23. The van der Waals surface area contributed by atoms with Crippen LogP contribution in [0.25, 0.3) is 0 Å². The number of β-amino-alcohol motifs (C(OH)–C–C–N with tert-alkyl or cyclic N) is 1. The van der Waals surface area contributed by atoms with E-state index in [1.807, 2.05) is 4.90 Å². The van der Waals surface area contributed by atoms with Crippen molar-refractivity contribution >= 4 is 23.3 Å². The Morgan fingerprint density at radius 1 is 1.33 bits per heavy atom. The molecule has 0 unspecified atom stereocenters. The monoisotopic (exact) mass is 349 g/mol. The van der Waals surface area contributed by atoms with E-state index in [0.29, 0.717) is 23.8 Å². The minimum Gasteiger partial charge on any atom is -0.392 e. The Morgan fingerprint density at radius 3 is 2.75 bits per heavy atom. The predicted octanol–water partition coefficient (Wildman–Crippen LogP) is 2.62. The molecule has 1 aliphatic heterocycles. The molecule has 24 heavy (non-hydrogen) atoms. The largest absolute Gasteiger partial charge is 0.392 e. The minimum atomic E-state index is -0.512. The van der Waals surface area contributed by atoms with Crippen molar-refractivity contribution in [2.24, 2.45) is 0 Å². The number of rotatable bonds is 4. The predicted molar refractivity (Wildman–Crippen MR) is 89.2 cm³/mol. The van der Waals surface area contributed by atoms with E-state index in [1.165, 1.54) is 18.3 Å². The third-order valence-corrected chi connectivity index (χ3v) is 4.20. The van der Waals surface area contributed by atoms with E-state index in [0.717, 1.165) is 5.56 Å². The number of nitrogens with zero attached hydrogens (tertiary/aromatic N) is 2. The van der Waals surface area contributed by atoms with Gasteiger partial charge in [-0.25, -0.2) is 9.37 Å². The lowest BCUT2D eigenvalue weighted by Crippen LogP contribution is -2.34. The third-order valence-electron chi connectivity index (χ3n) is 3.98. The summed E-state index contributed by atoms with van der Waals surface area (Å²) < 4.78 is 13.1. The van der Waals surface area contributed by atoms with E-state index in [1.54, 1.807) is 24.3 Å². The molecule has 1 aromatic heterocycles. The molecule has 0 saturated carbocycles. The highest BCUT2D eigenvalue weighted by Crippen LogP contribution is 2.31. The summed E-state index contributed by atoms with van der Waals surface area (Å²) in [6.07, 6.45) is 1.46. The summed E-state index contributed by atoms with van der Waals surface area (Å²) in [5.41, 5.74) is 0.880. The van der Waals surface area contributed by atoms with Gasteiger partial charge in [0.15, 0.2) is 0 Å². The topological polar surface area (TPSA) is 65.5 Å². The average molecular weight is 350 g/mol. The average Bonchev–Trinajstić information content (AvgIpc) is 2.90. The second-order valence-electron chi connectivity index (χ2n) is 5.80. The Hall–Kier alpha value is -2.02. The van der Waals surface area contributed by atoms with Gasteiger partial charge in [-0.3, -0.25) is 9.69 Å². The SMILES string of the molecule is O=C(CN1C[C@@H](O)C[C@H]1c1ccc(F)cc1)Nc1ccc(Cl)cn1. The number of amides is 1. The number of carbonyl (C=O) groups is 1. The lowest BCUT2D eigenvalue weighted by atomic mass is 10.0. The van der Waals surface area contributed by atoms with Gasteiger partial charge < -0.3 is 10.4 Å². The van der Waals surface area contributed by atoms with Crippen molar-refractivity contribution in [3.8, 4) is 0 Å². The molecule has 3 rings (SSSR count). The number of carbonyl (C=O) groups excluding carboxylic acids is 1. The Balaban J connectivity index is 1.66. The maximum Gasteiger partial charge on any atom is 0.239 e. The zero-order chi connectivity index (χ0) is 17.1. The molecule has 2 heterocycles. The highest BCUT2D eigenvalue weighted by Gasteiger charge is 2.33. The molecule has 0 bridgehead atoms. The van der Waals surface area contributed by atoms with Crippen LogP contribution in [-0.2, 0) is 4.79 Å². The zero-order valence-electron chi connectivity index (χ0n) is 12.8. The molecule has 5 nitrogen and oxygen atoms in total. The highest BCUT2D eigenvalue weighted by atomic mass is 35.5. The van der Waals surface area contributed by atoms with Crippen molar-refractivity contribution < 1.29 is 14.3 Å². The van der Waals surface area contributed by atoms with Crippen molar-refractivity contribution in [2.75, 3.05) is 18.4 Å². The van der Waals surface area contributed by atoms with Crippen LogP contribution < -0.4 is 5.32 Å². The number of aliphatic hydroxyl groups excluding tert-OH is 1. The van der Waals surface area contributed by atoms with Crippen LogP contribution >= 0.6 is 11.6 Å². The van der Waals surface area contributed by atoms with Gasteiger partial charge in [-0.05, 0) is 36.2 Å². The van der Waals surface area contributed by atoms with Crippen LogP contribution in [0.5, 0.6) is 0 Å². The number of likely N-dealkylation sites (tertiary alicyclic amines) is 1. The molecule has 126 valence electrons. The fourth-order valence-electron chi connectivity index (χ4n) is 2.90. The van der Waals surface area contributed by atoms with Gasteiger partial charge in [-0.15, -0.1) is 0 Å². The quantitative estimate of drug-likeness (QED) is 0.890. The first-order chi connectivity index (χ1) is 11.5. The van der Waals surface area contributed by atoms with Crippen molar-refractivity contribution in [3.63, 3.8) is 0 Å². The van der Waals surface area contributed by atoms with Gasteiger partial charge in [0.1, 0.15) is 11.6 Å². The normalized spacial score (nSPS) is 21.0. The van der Waals surface area contributed by atoms with Crippen LogP contribution in [0.2, 0.25) is 5.02 Å². The van der Waals surface area contributed by atoms with E-state index in [4.69, 9.17) is 11.6 Å². The van der Waals surface area contributed by atoms with Gasteiger partial charge in [0, 0.05) is 18.8 Å². The number of halogens is 2. The van der Waals surface area contributed by atoms with Crippen LogP contribution in [0.15, 0.2) is 42.6 Å². The van der Waals surface area contributed by atoms with Gasteiger partial charge >= 0.3 is 0 Å². The number of pyridine rings is 1.